The molecule has 112 valence electrons. The van der Waals surface area contributed by atoms with E-state index in [1.54, 1.807) is 0 Å². The number of piperidine rings is 1. The molecule has 6 heteroatoms. The third-order valence-corrected chi connectivity index (χ3v) is 5.05. The molecule has 3 fully saturated rings. The molecule has 1 aliphatic carbocycles. The van der Waals surface area contributed by atoms with E-state index in [0.717, 1.165) is 25.8 Å². The van der Waals surface area contributed by atoms with Gasteiger partial charge in [0.05, 0.1) is 6.10 Å². The van der Waals surface area contributed by atoms with Crippen molar-refractivity contribution in [2.45, 2.75) is 56.7 Å². The van der Waals surface area contributed by atoms with Crippen LogP contribution in [0.5, 0.6) is 0 Å². The first-order chi connectivity index (χ1) is 9.58. The van der Waals surface area contributed by atoms with Gasteiger partial charge in [0, 0.05) is 25.6 Å². The third kappa shape index (κ3) is 2.26. The number of β-amino-alcohol motifs (C(OH)–C–C–N with tert-alkyl or cyclic N) is 1. The summed E-state index contributed by atoms with van der Waals surface area (Å²) in [5, 5.41) is 18.9. The minimum atomic E-state index is -1.02. The standard InChI is InChI=1S/C14H22N2O4/c17-10-7-12(13(18)19)16(8-10)14(20)15-6-2-4-9-3-1-5-11(9)15/h9-12,17H,1-8H2,(H,18,19). The molecule has 2 N–H and O–H groups in total. The van der Waals surface area contributed by atoms with Gasteiger partial charge in [-0.25, -0.2) is 9.59 Å². The highest BCUT2D eigenvalue weighted by Crippen LogP contribution is 2.37. The number of carboxylic acid groups (broad SMARTS) is 1. The van der Waals surface area contributed by atoms with Crippen LogP contribution in [0.2, 0.25) is 0 Å². The highest BCUT2D eigenvalue weighted by atomic mass is 16.4. The topological polar surface area (TPSA) is 81.1 Å². The number of amides is 2. The Balaban J connectivity index is 1.75. The number of fused-ring (bicyclic) bond motifs is 1. The number of carbonyl (C=O) groups excluding carboxylic acids is 1. The molecule has 4 atom stereocenters. The van der Waals surface area contributed by atoms with E-state index in [-0.39, 0.29) is 25.0 Å². The quantitative estimate of drug-likeness (QED) is 0.748. The minimum absolute atomic E-state index is 0.142. The summed E-state index contributed by atoms with van der Waals surface area (Å²) in [4.78, 5) is 27.2. The first kappa shape index (κ1) is 13.7. The van der Waals surface area contributed by atoms with Crippen LogP contribution in [0, 0.1) is 5.92 Å². The lowest BCUT2D eigenvalue weighted by atomic mass is 9.92. The summed E-state index contributed by atoms with van der Waals surface area (Å²) in [6.45, 7) is 0.864. The van der Waals surface area contributed by atoms with Gasteiger partial charge in [0.25, 0.3) is 0 Å². The Labute approximate surface area is 118 Å². The lowest BCUT2D eigenvalue weighted by Crippen LogP contribution is -2.54. The molecular weight excluding hydrogens is 260 g/mol. The van der Waals surface area contributed by atoms with Crippen molar-refractivity contribution < 1.29 is 19.8 Å². The molecule has 4 unspecified atom stereocenters. The van der Waals surface area contributed by atoms with Crippen molar-refractivity contribution in [3.8, 4) is 0 Å². The lowest BCUT2D eigenvalue weighted by Gasteiger charge is -2.40. The minimum Gasteiger partial charge on any atom is -0.480 e. The van der Waals surface area contributed by atoms with Gasteiger partial charge in [-0.15, -0.1) is 0 Å². The third-order valence-electron chi connectivity index (χ3n) is 5.05. The molecule has 0 aromatic carbocycles. The molecule has 0 spiro atoms. The first-order valence-electron chi connectivity index (χ1n) is 7.56. The van der Waals surface area contributed by atoms with Crippen molar-refractivity contribution in [1.29, 1.82) is 0 Å². The Morgan fingerprint density at radius 1 is 1.05 bits per heavy atom. The number of nitrogens with zero attached hydrogens (tertiary/aromatic N) is 2. The van der Waals surface area contributed by atoms with Crippen LogP contribution < -0.4 is 0 Å². The summed E-state index contributed by atoms with van der Waals surface area (Å²) in [6.07, 6.45) is 4.97. The zero-order valence-electron chi connectivity index (χ0n) is 11.6. The van der Waals surface area contributed by atoms with Gasteiger partial charge >= 0.3 is 12.0 Å². The maximum atomic E-state index is 12.7. The summed E-state index contributed by atoms with van der Waals surface area (Å²) >= 11 is 0. The van der Waals surface area contributed by atoms with Crippen LogP contribution in [0.25, 0.3) is 0 Å². The van der Waals surface area contributed by atoms with Crippen LogP contribution in [0.4, 0.5) is 4.79 Å². The number of urea groups is 1. The molecule has 0 aromatic heterocycles. The van der Waals surface area contributed by atoms with Gasteiger partial charge in [0.1, 0.15) is 6.04 Å². The Kier molecular flexibility index (Phi) is 3.58. The predicted octanol–water partition coefficient (Wildman–Crippen LogP) is 0.891. The molecule has 20 heavy (non-hydrogen) atoms. The van der Waals surface area contributed by atoms with Crippen molar-refractivity contribution in [3.63, 3.8) is 0 Å². The second-order valence-corrected chi connectivity index (χ2v) is 6.27. The molecule has 6 nitrogen and oxygen atoms in total. The number of rotatable bonds is 1. The van der Waals surface area contributed by atoms with Crippen LogP contribution in [-0.4, -0.2) is 63.3 Å². The number of carboxylic acids is 1. The Morgan fingerprint density at radius 2 is 1.80 bits per heavy atom. The zero-order valence-corrected chi connectivity index (χ0v) is 11.6. The fourth-order valence-corrected chi connectivity index (χ4v) is 4.12. The van der Waals surface area contributed by atoms with E-state index < -0.39 is 18.1 Å². The number of aliphatic hydroxyl groups is 1. The van der Waals surface area contributed by atoms with E-state index in [2.05, 4.69) is 0 Å². The lowest BCUT2D eigenvalue weighted by molar-refractivity contribution is -0.141. The molecule has 2 aliphatic heterocycles. The first-order valence-corrected chi connectivity index (χ1v) is 7.56. The number of likely N-dealkylation sites (tertiary alicyclic amines) is 2. The number of hydrogen-bond acceptors (Lipinski definition) is 3. The highest BCUT2D eigenvalue weighted by molar-refractivity contribution is 5.83. The molecule has 0 aromatic rings. The van der Waals surface area contributed by atoms with Gasteiger partial charge in [0.15, 0.2) is 0 Å². The molecule has 1 saturated carbocycles. The van der Waals surface area contributed by atoms with E-state index in [1.165, 1.54) is 17.7 Å². The Morgan fingerprint density at radius 3 is 2.55 bits per heavy atom. The largest absolute Gasteiger partial charge is 0.480 e. The van der Waals surface area contributed by atoms with Gasteiger partial charge in [-0.05, 0) is 31.6 Å². The van der Waals surface area contributed by atoms with E-state index >= 15 is 0 Å². The summed E-state index contributed by atoms with van der Waals surface area (Å²) in [7, 11) is 0. The smallest absolute Gasteiger partial charge is 0.326 e. The fourth-order valence-electron chi connectivity index (χ4n) is 4.12. The van der Waals surface area contributed by atoms with Crippen molar-refractivity contribution in [2.75, 3.05) is 13.1 Å². The molecule has 3 aliphatic rings. The Hall–Kier alpha value is -1.30. The maximum absolute atomic E-state index is 12.7. The van der Waals surface area contributed by atoms with Gasteiger partial charge in [0.2, 0.25) is 0 Å². The van der Waals surface area contributed by atoms with Gasteiger partial charge in [-0.3, -0.25) is 0 Å². The molecule has 2 amide bonds. The Bertz CT molecular complexity index is 414. The average Bonchev–Trinajstić information content (AvgIpc) is 3.03. The molecule has 0 bridgehead atoms. The predicted molar refractivity (Wildman–Crippen MR) is 71.2 cm³/mol. The SMILES string of the molecule is O=C(O)C1CC(O)CN1C(=O)N1CCCC2CCCC21. The maximum Gasteiger partial charge on any atom is 0.326 e. The van der Waals surface area contributed by atoms with Gasteiger partial charge < -0.3 is 20.0 Å². The molecular formula is C14H22N2O4. The molecule has 2 saturated heterocycles. The highest BCUT2D eigenvalue weighted by Gasteiger charge is 2.44. The summed E-state index contributed by atoms with van der Waals surface area (Å²) in [5.74, 6) is -0.432. The summed E-state index contributed by atoms with van der Waals surface area (Å²) < 4.78 is 0. The molecule has 0 radical (unpaired) electrons. The second kappa shape index (κ2) is 5.24. The van der Waals surface area contributed by atoms with Crippen molar-refractivity contribution >= 4 is 12.0 Å². The fraction of sp³-hybridized carbons (Fsp3) is 0.857. The normalized spacial score (nSPS) is 37.0. The van der Waals surface area contributed by atoms with Gasteiger partial charge in [-0.1, -0.05) is 6.42 Å². The number of aliphatic hydroxyl groups excluding tert-OH is 1. The van der Waals surface area contributed by atoms with Crippen LogP contribution in [-0.2, 0) is 4.79 Å². The zero-order chi connectivity index (χ0) is 14.3. The van der Waals surface area contributed by atoms with Crippen LogP contribution in [0.15, 0.2) is 0 Å². The van der Waals surface area contributed by atoms with E-state index in [1.807, 2.05) is 4.90 Å². The molecule has 2 heterocycles. The van der Waals surface area contributed by atoms with Gasteiger partial charge in [-0.2, -0.15) is 0 Å². The van der Waals surface area contributed by atoms with Crippen molar-refractivity contribution in [2.24, 2.45) is 5.92 Å². The number of aliphatic carboxylic acids is 1. The van der Waals surface area contributed by atoms with Crippen molar-refractivity contribution in [3.05, 3.63) is 0 Å². The molecule has 3 rings (SSSR count). The van der Waals surface area contributed by atoms with Crippen molar-refractivity contribution in [1.82, 2.24) is 9.80 Å². The second-order valence-electron chi connectivity index (χ2n) is 6.27. The number of carbonyl (C=O) groups is 2. The average molecular weight is 282 g/mol. The van der Waals surface area contributed by atoms with Crippen LogP contribution in [0.3, 0.4) is 0 Å². The van der Waals surface area contributed by atoms with Crippen LogP contribution >= 0.6 is 0 Å². The number of hydrogen-bond donors (Lipinski definition) is 2. The van der Waals surface area contributed by atoms with E-state index in [9.17, 15) is 19.8 Å². The van der Waals surface area contributed by atoms with Crippen LogP contribution in [0.1, 0.15) is 38.5 Å². The van der Waals surface area contributed by atoms with E-state index in [4.69, 9.17) is 0 Å². The summed E-state index contributed by atoms with van der Waals surface area (Å²) in [5.41, 5.74) is 0. The monoisotopic (exact) mass is 282 g/mol. The summed E-state index contributed by atoms with van der Waals surface area (Å²) in [6, 6.07) is -0.784. The van der Waals surface area contributed by atoms with E-state index in [0.29, 0.717) is 5.92 Å².